The molecular weight excluding hydrogens is 307 g/mol. The van der Waals surface area contributed by atoms with E-state index < -0.39 is 10.0 Å². The van der Waals surface area contributed by atoms with Crippen LogP contribution >= 0.6 is 0 Å². The van der Waals surface area contributed by atoms with Crippen molar-refractivity contribution < 1.29 is 17.6 Å². The first-order valence-corrected chi connectivity index (χ1v) is 9.14. The van der Waals surface area contributed by atoms with E-state index in [2.05, 4.69) is 5.32 Å². The zero-order valence-corrected chi connectivity index (χ0v) is 13.8. The number of hydrogen-bond acceptors (Lipinski definition) is 3. The molecule has 0 aliphatic rings. The predicted octanol–water partition coefficient (Wildman–Crippen LogP) is 1.55. The maximum atomic E-state index is 12.8. The lowest BCUT2D eigenvalue weighted by Crippen LogP contribution is -2.39. The normalized spacial score (nSPS) is 11.6. The quantitative estimate of drug-likeness (QED) is 0.747. The Kier molecular flexibility index (Phi) is 7.47. The predicted molar refractivity (Wildman–Crippen MR) is 84.4 cm³/mol. The molecule has 1 amide bonds. The fourth-order valence-corrected chi connectivity index (χ4v) is 2.83. The number of hydrogen-bond donors (Lipinski definition) is 1. The minimum absolute atomic E-state index is 0.0746. The lowest BCUT2D eigenvalue weighted by molar-refractivity contribution is -0.121. The highest BCUT2D eigenvalue weighted by atomic mass is 32.2. The SMILES string of the molecule is CCCC(=O)NCCN(CCc1ccc(F)cc1)S(C)(=O)=O. The van der Waals surface area contributed by atoms with Gasteiger partial charge < -0.3 is 5.32 Å². The van der Waals surface area contributed by atoms with Crippen LogP contribution in [0.3, 0.4) is 0 Å². The number of rotatable bonds is 9. The molecule has 1 aromatic rings. The summed E-state index contributed by atoms with van der Waals surface area (Å²) in [6.07, 6.45) is 2.84. The lowest BCUT2D eigenvalue weighted by atomic mass is 10.1. The Balaban J connectivity index is 2.51. The molecule has 0 spiro atoms. The molecule has 0 heterocycles. The fraction of sp³-hybridized carbons (Fsp3) is 0.533. The van der Waals surface area contributed by atoms with Crippen molar-refractivity contribution in [1.82, 2.24) is 9.62 Å². The zero-order chi connectivity index (χ0) is 16.6. The Bertz CT molecular complexity index is 573. The first-order valence-electron chi connectivity index (χ1n) is 7.29. The van der Waals surface area contributed by atoms with Gasteiger partial charge in [0, 0.05) is 26.1 Å². The van der Waals surface area contributed by atoms with E-state index in [0.29, 0.717) is 19.4 Å². The number of nitrogens with zero attached hydrogens (tertiary/aromatic N) is 1. The molecule has 0 unspecified atom stereocenters. The number of halogens is 1. The summed E-state index contributed by atoms with van der Waals surface area (Å²) in [5.41, 5.74) is 0.866. The average molecular weight is 330 g/mol. The van der Waals surface area contributed by atoms with Crippen molar-refractivity contribution in [1.29, 1.82) is 0 Å². The summed E-state index contributed by atoms with van der Waals surface area (Å²) in [4.78, 5) is 11.4. The highest BCUT2D eigenvalue weighted by Crippen LogP contribution is 2.06. The van der Waals surface area contributed by atoms with Gasteiger partial charge in [-0.15, -0.1) is 0 Å². The van der Waals surface area contributed by atoms with Gasteiger partial charge in [-0.2, -0.15) is 0 Å². The summed E-state index contributed by atoms with van der Waals surface area (Å²) >= 11 is 0. The molecule has 5 nitrogen and oxygen atoms in total. The molecule has 22 heavy (non-hydrogen) atoms. The Labute approximate surface area is 131 Å². The van der Waals surface area contributed by atoms with Crippen LogP contribution in [0.2, 0.25) is 0 Å². The van der Waals surface area contributed by atoms with E-state index in [0.717, 1.165) is 18.2 Å². The van der Waals surface area contributed by atoms with E-state index >= 15 is 0 Å². The van der Waals surface area contributed by atoms with Gasteiger partial charge in [-0.3, -0.25) is 4.79 Å². The molecule has 0 bridgehead atoms. The van der Waals surface area contributed by atoms with Crippen LogP contribution in [0, 0.1) is 5.82 Å². The van der Waals surface area contributed by atoms with Crippen molar-refractivity contribution in [3.8, 4) is 0 Å². The fourth-order valence-electron chi connectivity index (χ4n) is 1.98. The number of sulfonamides is 1. The third-order valence-corrected chi connectivity index (χ3v) is 4.50. The summed E-state index contributed by atoms with van der Waals surface area (Å²) in [7, 11) is -3.35. The number of amides is 1. The van der Waals surface area contributed by atoms with E-state index in [-0.39, 0.29) is 24.8 Å². The third-order valence-electron chi connectivity index (χ3n) is 3.19. The molecule has 0 saturated heterocycles. The molecule has 124 valence electrons. The van der Waals surface area contributed by atoms with Gasteiger partial charge >= 0.3 is 0 Å². The highest BCUT2D eigenvalue weighted by molar-refractivity contribution is 7.88. The third kappa shape index (κ3) is 7.00. The monoisotopic (exact) mass is 330 g/mol. The summed E-state index contributed by atoms with van der Waals surface area (Å²) in [6.45, 7) is 2.73. The van der Waals surface area contributed by atoms with Crippen LogP contribution in [0.5, 0.6) is 0 Å². The zero-order valence-electron chi connectivity index (χ0n) is 13.0. The largest absolute Gasteiger partial charge is 0.355 e. The van der Waals surface area contributed by atoms with Crippen molar-refractivity contribution in [3.05, 3.63) is 35.6 Å². The average Bonchev–Trinajstić information content (AvgIpc) is 2.43. The van der Waals surface area contributed by atoms with Crippen LogP contribution in [0.4, 0.5) is 4.39 Å². The van der Waals surface area contributed by atoms with E-state index in [9.17, 15) is 17.6 Å². The van der Waals surface area contributed by atoms with E-state index in [1.165, 1.54) is 16.4 Å². The Morgan fingerprint density at radius 1 is 1.23 bits per heavy atom. The lowest BCUT2D eigenvalue weighted by Gasteiger charge is -2.20. The Hall–Kier alpha value is -1.47. The number of nitrogens with one attached hydrogen (secondary N) is 1. The number of carbonyl (C=O) groups is 1. The standard InChI is InChI=1S/C15H23FN2O3S/c1-3-4-15(19)17-10-12-18(22(2,20)21)11-9-13-5-7-14(16)8-6-13/h5-8H,3-4,9-12H2,1-2H3,(H,17,19). The maximum absolute atomic E-state index is 12.8. The first kappa shape index (κ1) is 18.6. The van der Waals surface area contributed by atoms with Crippen LogP contribution in [0.15, 0.2) is 24.3 Å². The Morgan fingerprint density at radius 3 is 2.41 bits per heavy atom. The first-order chi connectivity index (χ1) is 10.3. The maximum Gasteiger partial charge on any atom is 0.220 e. The second-order valence-electron chi connectivity index (χ2n) is 5.14. The van der Waals surface area contributed by atoms with Gasteiger partial charge in [-0.05, 0) is 30.5 Å². The van der Waals surface area contributed by atoms with Crippen molar-refractivity contribution >= 4 is 15.9 Å². The molecule has 1 aromatic carbocycles. The van der Waals surface area contributed by atoms with E-state index in [4.69, 9.17) is 0 Å². The molecule has 0 atom stereocenters. The molecule has 0 saturated carbocycles. The van der Waals surface area contributed by atoms with E-state index in [1.54, 1.807) is 12.1 Å². The second-order valence-corrected chi connectivity index (χ2v) is 7.12. The van der Waals surface area contributed by atoms with Gasteiger partial charge in [0.25, 0.3) is 0 Å². The van der Waals surface area contributed by atoms with Gasteiger partial charge in [0.15, 0.2) is 0 Å². The van der Waals surface area contributed by atoms with Crippen LogP contribution in [0.25, 0.3) is 0 Å². The van der Waals surface area contributed by atoms with Crippen LogP contribution in [0.1, 0.15) is 25.3 Å². The molecule has 1 rings (SSSR count). The topological polar surface area (TPSA) is 66.5 Å². The van der Waals surface area contributed by atoms with Gasteiger partial charge in [0.2, 0.25) is 15.9 Å². The Morgan fingerprint density at radius 2 is 1.86 bits per heavy atom. The van der Waals surface area contributed by atoms with Crippen LogP contribution in [-0.4, -0.2) is 44.5 Å². The molecule has 0 fully saturated rings. The molecule has 0 radical (unpaired) electrons. The minimum atomic E-state index is -3.35. The van der Waals surface area contributed by atoms with Gasteiger partial charge in [-0.25, -0.2) is 17.1 Å². The summed E-state index contributed by atoms with van der Waals surface area (Å²) < 4.78 is 37.7. The molecule has 7 heteroatoms. The van der Waals surface area contributed by atoms with Crippen LogP contribution < -0.4 is 5.32 Å². The number of carbonyl (C=O) groups excluding carboxylic acids is 1. The summed E-state index contributed by atoms with van der Waals surface area (Å²) in [5.74, 6) is -0.392. The molecule has 0 aliphatic heterocycles. The van der Waals surface area contributed by atoms with E-state index in [1.807, 2.05) is 6.92 Å². The van der Waals surface area contributed by atoms with Crippen molar-refractivity contribution in [2.75, 3.05) is 25.9 Å². The van der Waals surface area contributed by atoms with Crippen molar-refractivity contribution in [2.45, 2.75) is 26.2 Å². The molecule has 0 aliphatic carbocycles. The molecular formula is C15H23FN2O3S. The summed E-state index contributed by atoms with van der Waals surface area (Å²) in [6, 6.07) is 5.98. The number of benzene rings is 1. The minimum Gasteiger partial charge on any atom is -0.355 e. The van der Waals surface area contributed by atoms with Gasteiger partial charge in [0.1, 0.15) is 5.82 Å². The molecule has 0 aromatic heterocycles. The van der Waals surface area contributed by atoms with Crippen LogP contribution in [-0.2, 0) is 21.2 Å². The van der Waals surface area contributed by atoms with Gasteiger partial charge in [-0.1, -0.05) is 19.1 Å². The highest BCUT2D eigenvalue weighted by Gasteiger charge is 2.16. The summed E-state index contributed by atoms with van der Waals surface area (Å²) in [5, 5.41) is 2.70. The molecule has 1 N–H and O–H groups in total. The smallest absolute Gasteiger partial charge is 0.220 e. The van der Waals surface area contributed by atoms with Crippen molar-refractivity contribution in [3.63, 3.8) is 0 Å². The van der Waals surface area contributed by atoms with Crippen molar-refractivity contribution in [2.24, 2.45) is 0 Å². The van der Waals surface area contributed by atoms with Gasteiger partial charge in [0.05, 0.1) is 6.26 Å². The second kappa shape index (κ2) is 8.85.